The topological polar surface area (TPSA) is 116 Å². The highest BCUT2D eigenvalue weighted by molar-refractivity contribution is 7.91. The summed E-state index contributed by atoms with van der Waals surface area (Å²) in [6.45, 7) is -0.230. The molecule has 3 N–H and O–H groups in total. The second-order valence-corrected chi connectivity index (χ2v) is 10.2. The lowest BCUT2D eigenvalue weighted by molar-refractivity contribution is -0.120. The zero-order valence-electron chi connectivity index (χ0n) is 16.0. The van der Waals surface area contributed by atoms with Gasteiger partial charge in [-0.1, -0.05) is 23.7 Å². The van der Waals surface area contributed by atoms with E-state index >= 15 is 0 Å². The molecule has 1 aromatic heterocycles. The average molecular weight is 477 g/mol. The van der Waals surface area contributed by atoms with Crippen molar-refractivity contribution in [1.82, 2.24) is 0 Å². The largest absolute Gasteiger partial charge is 0.484 e. The van der Waals surface area contributed by atoms with Gasteiger partial charge in [-0.3, -0.25) is 9.59 Å². The SMILES string of the molecule is NC(=O)COc1ccc(C2CC(=O)Nc3c(S(=O)(=O)c4ccc(Cl)cc4)csc32)cc1. The maximum absolute atomic E-state index is 13.2. The van der Waals surface area contributed by atoms with Crippen LogP contribution in [-0.4, -0.2) is 26.8 Å². The number of benzene rings is 2. The van der Waals surface area contributed by atoms with Crippen LogP contribution in [0.2, 0.25) is 5.02 Å². The molecular formula is C21H17ClN2O5S2. The van der Waals surface area contributed by atoms with Crippen molar-refractivity contribution in [3.8, 4) is 5.75 Å². The minimum Gasteiger partial charge on any atom is -0.484 e. The summed E-state index contributed by atoms with van der Waals surface area (Å²) in [5, 5.41) is 4.72. The molecule has 0 spiro atoms. The predicted molar refractivity (Wildman–Crippen MR) is 117 cm³/mol. The van der Waals surface area contributed by atoms with Crippen molar-refractivity contribution in [3.63, 3.8) is 0 Å². The molecular weight excluding hydrogens is 460 g/mol. The summed E-state index contributed by atoms with van der Waals surface area (Å²) in [6, 6.07) is 12.8. The number of fused-ring (bicyclic) bond motifs is 1. The van der Waals surface area contributed by atoms with Crippen LogP contribution in [0.25, 0.3) is 0 Å². The molecule has 1 aliphatic rings. The second-order valence-electron chi connectivity index (χ2n) is 6.93. The number of nitrogens with one attached hydrogen (secondary N) is 1. The molecule has 0 radical (unpaired) electrons. The van der Waals surface area contributed by atoms with E-state index in [0.29, 0.717) is 16.5 Å². The molecule has 2 amide bonds. The van der Waals surface area contributed by atoms with Crippen LogP contribution >= 0.6 is 22.9 Å². The maximum atomic E-state index is 13.2. The average Bonchev–Trinajstić information content (AvgIpc) is 3.17. The molecule has 1 atom stereocenters. The number of amides is 2. The third-order valence-corrected chi connectivity index (χ3v) is 8.12. The Bertz CT molecular complexity index is 1250. The Labute approximate surface area is 187 Å². The lowest BCUT2D eigenvalue weighted by Gasteiger charge is -2.24. The van der Waals surface area contributed by atoms with E-state index in [2.05, 4.69) is 5.32 Å². The predicted octanol–water partition coefficient (Wildman–Crippen LogP) is 3.57. The molecule has 0 fully saturated rings. The lowest BCUT2D eigenvalue weighted by atomic mass is 9.90. The van der Waals surface area contributed by atoms with Crippen LogP contribution in [0.3, 0.4) is 0 Å². The van der Waals surface area contributed by atoms with Gasteiger partial charge in [0.1, 0.15) is 10.6 Å². The van der Waals surface area contributed by atoms with E-state index in [9.17, 15) is 18.0 Å². The van der Waals surface area contributed by atoms with Crippen LogP contribution in [0.1, 0.15) is 22.8 Å². The summed E-state index contributed by atoms with van der Waals surface area (Å²) >= 11 is 7.16. The quantitative estimate of drug-likeness (QED) is 0.564. The number of rotatable bonds is 6. The first-order valence-electron chi connectivity index (χ1n) is 9.18. The first-order chi connectivity index (χ1) is 14.8. The van der Waals surface area contributed by atoms with Gasteiger partial charge in [0.15, 0.2) is 6.61 Å². The Kier molecular flexibility index (Phi) is 5.74. The minimum atomic E-state index is -3.83. The fraction of sp³-hybridized carbons (Fsp3) is 0.143. The van der Waals surface area contributed by atoms with Crippen molar-refractivity contribution in [2.75, 3.05) is 11.9 Å². The number of hydrogen-bond acceptors (Lipinski definition) is 6. The number of carbonyl (C=O) groups excluding carboxylic acids is 2. The Balaban J connectivity index is 1.69. The van der Waals surface area contributed by atoms with Crippen LogP contribution in [0.5, 0.6) is 5.75 Å². The zero-order valence-corrected chi connectivity index (χ0v) is 18.4. The Morgan fingerprint density at radius 3 is 2.48 bits per heavy atom. The monoisotopic (exact) mass is 476 g/mol. The minimum absolute atomic E-state index is 0.0642. The Morgan fingerprint density at radius 1 is 1.16 bits per heavy atom. The molecule has 2 heterocycles. The number of thiophene rings is 1. The van der Waals surface area contributed by atoms with E-state index in [0.717, 1.165) is 10.4 Å². The molecule has 10 heteroatoms. The van der Waals surface area contributed by atoms with Crippen molar-refractivity contribution >= 4 is 50.3 Å². The molecule has 0 aliphatic carbocycles. The van der Waals surface area contributed by atoms with Gasteiger partial charge in [-0.2, -0.15) is 0 Å². The number of anilines is 1. The van der Waals surface area contributed by atoms with Crippen molar-refractivity contribution in [1.29, 1.82) is 0 Å². The van der Waals surface area contributed by atoms with Crippen molar-refractivity contribution in [2.24, 2.45) is 5.73 Å². The first kappa shape index (κ1) is 21.4. The van der Waals surface area contributed by atoms with E-state index < -0.39 is 15.7 Å². The summed E-state index contributed by atoms with van der Waals surface area (Å²) in [5.41, 5.74) is 6.23. The third-order valence-electron chi connectivity index (χ3n) is 4.83. The van der Waals surface area contributed by atoms with E-state index in [1.54, 1.807) is 29.6 Å². The summed E-state index contributed by atoms with van der Waals surface area (Å²) in [4.78, 5) is 24.2. The van der Waals surface area contributed by atoms with Gasteiger partial charge in [-0.05, 0) is 42.0 Å². The van der Waals surface area contributed by atoms with Crippen molar-refractivity contribution in [2.45, 2.75) is 22.1 Å². The number of halogens is 1. The van der Waals surface area contributed by atoms with Crippen LogP contribution in [0, 0.1) is 0 Å². The Hall–Kier alpha value is -2.88. The second kappa shape index (κ2) is 8.33. The molecule has 0 bridgehead atoms. The fourth-order valence-corrected chi connectivity index (χ4v) is 6.40. The highest BCUT2D eigenvalue weighted by Crippen LogP contribution is 2.46. The number of nitrogens with two attached hydrogens (primary N) is 1. The molecule has 1 unspecified atom stereocenters. The van der Waals surface area contributed by atoms with Crippen LogP contribution in [-0.2, 0) is 19.4 Å². The molecule has 3 aromatic rings. The van der Waals surface area contributed by atoms with Gasteiger partial charge < -0.3 is 15.8 Å². The number of hydrogen-bond donors (Lipinski definition) is 2. The van der Waals surface area contributed by atoms with E-state index in [1.165, 1.54) is 35.6 Å². The number of ether oxygens (including phenoxy) is 1. The van der Waals surface area contributed by atoms with E-state index in [-0.39, 0.29) is 34.6 Å². The zero-order chi connectivity index (χ0) is 22.2. The molecule has 0 saturated heterocycles. The fourth-order valence-electron chi connectivity index (χ4n) is 3.36. The molecule has 2 aromatic carbocycles. The van der Waals surface area contributed by atoms with Gasteiger partial charge >= 0.3 is 0 Å². The molecule has 1 aliphatic heterocycles. The Morgan fingerprint density at radius 2 is 1.84 bits per heavy atom. The van der Waals surface area contributed by atoms with Gasteiger partial charge in [0.25, 0.3) is 5.91 Å². The van der Waals surface area contributed by atoms with Gasteiger partial charge in [0.2, 0.25) is 15.7 Å². The summed E-state index contributed by atoms with van der Waals surface area (Å²) in [7, 11) is -3.83. The molecule has 4 rings (SSSR count). The smallest absolute Gasteiger partial charge is 0.255 e. The summed E-state index contributed by atoms with van der Waals surface area (Å²) in [5.74, 6) is -0.670. The third kappa shape index (κ3) is 4.30. The van der Waals surface area contributed by atoms with E-state index in [1.807, 2.05) is 0 Å². The van der Waals surface area contributed by atoms with Crippen molar-refractivity contribution < 1.29 is 22.7 Å². The van der Waals surface area contributed by atoms with Gasteiger partial charge in [-0.15, -0.1) is 11.3 Å². The van der Waals surface area contributed by atoms with E-state index in [4.69, 9.17) is 22.1 Å². The number of sulfone groups is 1. The number of primary amides is 1. The molecule has 0 saturated carbocycles. The van der Waals surface area contributed by atoms with Crippen LogP contribution < -0.4 is 15.8 Å². The molecule has 31 heavy (non-hydrogen) atoms. The van der Waals surface area contributed by atoms with Gasteiger partial charge in [0.05, 0.1) is 10.6 Å². The maximum Gasteiger partial charge on any atom is 0.255 e. The number of carbonyl (C=O) groups is 2. The van der Waals surface area contributed by atoms with Gasteiger partial charge in [0, 0.05) is 27.6 Å². The first-order valence-corrected chi connectivity index (χ1v) is 11.9. The van der Waals surface area contributed by atoms with Crippen LogP contribution in [0.4, 0.5) is 5.69 Å². The standard InChI is InChI=1S/C21H17ClN2O5S2/c22-13-3-7-15(8-4-13)31(27,28)17-11-30-21-16(9-19(26)24-20(17)21)12-1-5-14(6-2-12)29-10-18(23)25/h1-8,11,16H,9-10H2,(H2,23,25)(H,24,26). The highest BCUT2D eigenvalue weighted by Gasteiger charge is 2.34. The lowest BCUT2D eigenvalue weighted by Crippen LogP contribution is -2.23. The summed E-state index contributed by atoms with van der Waals surface area (Å²) in [6.07, 6.45) is 0.190. The normalized spacial score (nSPS) is 15.8. The highest BCUT2D eigenvalue weighted by atomic mass is 35.5. The van der Waals surface area contributed by atoms with Crippen molar-refractivity contribution in [3.05, 3.63) is 69.4 Å². The summed E-state index contributed by atoms with van der Waals surface area (Å²) < 4.78 is 31.6. The molecule has 160 valence electrons. The molecule has 7 nitrogen and oxygen atoms in total. The van der Waals surface area contributed by atoms with Gasteiger partial charge in [-0.25, -0.2) is 8.42 Å². The van der Waals surface area contributed by atoms with Crippen LogP contribution in [0.15, 0.2) is 63.7 Å².